The highest BCUT2D eigenvalue weighted by Crippen LogP contribution is 2.06. The molecule has 0 radical (unpaired) electrons. The third-order valence-electron chi connectivity index (χ3n) is 3.35. The first-order valence-corrected chi connectivity index (χ1v) is 7.48. The van der Waals surface area contributed by atoms with E-state index in [2.05, 4.69) is 5.48 Å². The van der Waals surface area contributed by atoms with Crippen LogP contribution in [0.4, 0.5) is 0 Å². The Labute approximate surface area is 135 Å². The van der Waals surface area contributed by atoms with E-state index in [9.17, 15) is 9.59 Å². The van der Waals surface area contributed by atoms with Crippen LogP contribution in [0.1, 0.15) is 34.3 Å². The fraction of sp³-hybridized carbons (Fsp3) is 0.222. The monoisotopic (exact) mass is 312 g/mol. The first-order chi connectivity index (χ1) is 11.1. The number of aryl methyl sites for hydroxylation is 1. The van der Waals surface area contributed by atoms with E-state index in [0.29, 0.717) is 12.0 Å². The van der Waals surface area contributed by atoms with Gasteiger partial charge < -0.3 is 5.73 Å². The zero-order valence-electron chi connectivity index (χ0n) is 12.8. The maximum Gasteiger partial charge on any atom is 0.248 e. The van der Waals surface area contributed by atoms with Gasteiger partial charge >= 0.3 is 0 Å². The molecule has 2 aromatic rings. The summed E-state index contributed by atoms with van der Waals surface area (Å²) in [6.45, 7) is 0.186. The number of nitrogens with two attached hydrogens (primary N) is 1. The number of rotatable bonds is 8. The molecule has 5 nitrogen and oxygen atoms in total. The highest BCUT2D eigenvalue weighted by Gasteiger charge is 2.04. The van der Waals surface area contributed by atoms with E-state index >= 15 is 0 Å². The molecule has 0 aliphatic rings. The van der Waals surface area contributed by atoms with Crippen molar-refractivity contribution in [3.63, 3.8) is 0 Å². The van der Waals surface area contributed by atoms with E-state index in [1.807, 2.05) is 30.3 Å². The maximum atomic E-state index is 11.7. The molecule has 0 saturated carbocycles. The van der Waals surface area contributed by atoms with Crippen molar-refractivity contribution >= 4 is 11.8 Å². The van der Waals surface area contributed by atoms with E-state index < -0.39 is 5.91 Å². The van der Waals surface area contributed by atoms with Crippen molar-refractivity contribution in [1.29, 1.82) is 0 Å². The van der Waals surface area contributed by atoms with Gasteiger partial charge in [-0.25, -0.2) is 5.48 Å². The second-order valence-corrected chi connectivity index (χ2v) is 5.22. The van der Waals surface area contributed by atoms with Gasteiger partial charge in [0.15, 0.2) is 0 Å². The Kier molecular flexibility index (Phi) is 6.32. The first-order valence-electron chi connectivity index (χ1n) is 7.48. The number of nitrogens with one attached hydrogen (secondary N) is 1. The summed E-state index contributed by atoms with van der Waals surface area (Å²) >= 11 is 0. The molecule has 0 atom stereocenters. The lowest BCUT2D eigenvalue weighted by molar-refractivity contribution is -0.134. The minimum atomic E-state index is -0.489. The zero-order chi connectivity index (χ0) is 16.5. The number of primary amides is 1. The molecule has 120 valence electrons. The van der Waals surface area contributed by atoms with E-state index in [0.717, 1.165) is 18.4 Å². The highest BCUT2D eigenvalue weighted by atomic mass is 16.6. The number of hydrogen-bond acceptors (Lipinski definition) is 3. The highest BCUT2D eigenvalue weighted by molar-refractivity contribution is 5.92. The number of amides is 2. The molecule has 0 fully saturated rings. The molecule has 0 saturated heterocycles. The summed E-state index contributed by atoms with van der Waals surface area (Å²) in [4.78, 5) is 27.9. The van der Waals surface area contributed by atoms with Crippen LogP contribution in [0.3, 0.4) is 0 Å². The predicted molar refractivity (Wildman–Crippen MR) is 87.3 cm³/mol. The fourth-order valence-corrected chi connectivity index (χ4v) is 2.16. The number of carbonyl (C=O) groups excluding carboxylic acids is 2. The Balaban J connectivity index is 1.66. The number of hydroxylamine groups is 1. The minimum Gasteiger partial charge on any atom is -0.366 e. The Morgan fingerprint density at radius 2 is 1.74 bits per heavy atom. The molecule has 2 rings (SSSR count). The molecular formula is C18H20N2O3. The molecule has 0 aromatic heterocycles. The van der Waals surface area contributed by atoms with Gasteiger partial charge in [0.2, 0.25) is 11.8 Å². The lowest BCUT2D eigenvalue weighted by Gasteiger charge is -2.07. The van der Waals surface area contributed by atoms with Crippen LogP contribution < -0.4 is 11.2 Å². The van der Waals surface area contributed by atoms with Crippen molar-refractivity contribution in [1.82, 2.24) is 5.48 Å². The Bertz CT molecular complexity index is 656. The summed E-state index contributed by atoms with van der Waals surface area (Å²) in [6, 6.07) is 16.8. The van der Waals surface area contributed by atoms with E-state index in [1.54, 1.807) is 24.3 Å². The van der Waals surface area contributed by atoms with Crippen molar-refractivity contribution in [2.75, 3.05) is 0 Å². The second kappa shape index (κ2) is 8.70. The van der Waals surface area contributed by atoms with Crippen LogP contribution in [0, 0.1) is 0 Å². The summed E-state index contributed by atoms with van der Waals surface area (Å²) in [5.74, 6) is -0.649. The second-order valence-electron chi connectivity index (χ2n) is 5.22. The summed E-state index contributed by atoms with van der Waals surface area (Å²) in [5, 5.41) is 0. The maximum absolute atomic E-state index is 11.7. The fourth-order valence-electron chi connectivity index (χ4n) is 2.16. The quantitative estimate of drug-likeness (QED) is 0.734. The lowest BCUT2D eigenvalue weighted by Crippen LogP contribution is -2.23. The summed E-state index contributed by atoms with van der Waals surface area (Å²) < 4.78 is 0. The average Bonchev–Trinajstić information content (AvgIpc) is 2.56. The molecule has 2 aromatic carbocycles. The van der Waals surface area contributed by atoms with Crippen molar-refractivity contribution in [2.45, 2.75) is 25.9 Å². The van der Waals surface area contributed by atoms with Crippen LogP contribution in [0.2, 0.25) is 0 Å². The zero-order valence-corrected chi connectivity index (χ0v) is 12.8. The first kappa shape index (κ1) is 16.7. The van der Waals surface area contributed by atoms with Crippen molar-refractivity contribution in [2.24, 2.45) is 5.73 Å². The van der Waals surface area contributed by atoms with E-state index in [4.69, 9.17) is 10.6 Å². The molecule has 0 aliphatic carbocycles. The number of carbonyl (C=O) groups is 2. The molecule has 3 N–H and O–H groups in total. The third-order valence-corrected chi connectivity index (χ3v) is 3.35. The predicted octanol–water partition coefficient (Wildman–Crippen LogP) is 2.36. The number of hydrogen-bond donors (Lipinski definition) is 2. The van der Waals surface area contributed by atoms with Gasteiger partial charge in [0.05, 0.1) is 6.61 Å². The molecule has 5 heteroatoms. The molecule has 23 heavy (non-hydrogen) atoms. The van der Waals surface area contributed by atoms with Gasteiger partial charge in [-0.1, -0.05) is 42.5 Å². The van der Waals surface area contributed by atoms with Crippen molar-refractivity contribution < 1.29 is 14.4 Å². The van der Waals surface area contributed by atoms with Gasteiger partial charge in [-0.05, 0) is 36.1 Å². The van der Waals surface area contributed by atoms with Gasteiger partial charge in [0, 0.05) is 12.0 Å². The van der Waals surface area contributed by atoms with Crippen LogP contribution >= 0.6 is 0 Å². The topological polar surface area (TPSA) is 81.4 Å². The molecule has 0 heterocycles. The van der Waals surface area contributed by atoms with Crippen LogP contribution in [0.25, 0.3) is 0 Å². The Morgan fingerprint density at radius 1 is 1.00 bits per heavy atom. The summed E-state index contributed by atoms with van der Waals surface area (Å²) in [5.41, 5.74) is 10.0. The lowest BCUT2D eigenvalue weighted by atomic mass is 10.1. The van der Waals surface area contributed by atoms with Gasteiger partial charge in [-0.2, -0.15) is 0 Å². The Morgan fingerprint density at radius 3 is 2.48 bits per heavy atom. The number of benzene rings is 2. The average molecular weight is 312 g/mol. The standard InChI is InChI=1S/C18H20N2O3/c19-18(22)16-10-4-9-15(12-16)13-23-20-17(21)11-5-8-14-6-2-1-3-7-14/h1-4,6-7,9-10,12H,5,8,11,13H2,(H2,19,22)(H,20,21). The van der Waals surface area contributed by atoms with E-state index in [1.165, 1.54) is 5.56 Å². The van der Waals surface area contributed by atoms with Gasteiger partial charge in [-0.15, -0.1) is 0 Å². The van der Waals surface area contributed by atoms with Crippen LogP contribution in [-0.4, -0.2) is 11.8 Å². The molecule has 0 aliphatic heterocycles. The van der Waals surface area contributed by atoms with Crippen LogP contribution in [0.15, 0.2) is 54.6 Å². The smallest absolute Gasteiger partial charge is 0.248 e. The van der Waals surface area contributed by atoms with Gasteiger partial charge in [0.1, 0.15) is 0 Å². The molecule has 0 spiro atoms. The Hall–Kier alpha value is -2.66. The normalized spacial score (nSPS) is 10.3. The van der Waals surface area contributed by atoms with Gasteiger partial charge in [0.25, 0.3) is 0 Å². The van der Waals surface area contributed by atoms with Crippen molar-refractivity contribution in [3.05, 3.63) is 71.3 Å². The molecule has 0 bridgehead atoms. The SMILES string of the molecule is NC(=O)c1cccc(CONC(=O)CCCc2ccccc2)c1. The molecule has 2 amide bonds. The van der Waals surface area contributed by atoms with Crippen LogP contribution in [0.5, 0.6) is 0 Å². The summed E-state index contributed by atoms with van der Waals surface area (Å²) in [6.07, 6.45) is 2.02. The minimum absolute atomic E-state index is 0.160. The van der Waals surface area contributed by atoms with Gasteiger partial charge in [-0.3, -0.25) is 14.4 Å². The van der Waals surface area contributed by atoms with Crippen LogP contribution in [-0.2, 0) is 22.7 Å². The summed E-state index contributed by atoms with van der Waals surface area (Å²) in [7, 11) is 0. The van der Waals surface area contributed by atoms with Crippen molar-refractivity contribution in [3.8, 4) is 0 Å². The third kappa shape index (κ3) is 5.92. The largest absolute Gasteiger partial charge is 0.366 e. The van der Waals surface area contributed by atoms with E-state index in [-0.39, 0.29) is 12.5 Å². The molecular weight excluding hydrogens is 292 g/mol. The molecule has 0 unspecified atom stereocenters.